The Bertz CT molecular complexity index is 1290. The zero-order chi connectivity index (χ0) is 29.2. The first-order valence-electron chi connectivity index (χ1n) is 13.0. The van der Waals surface area contributed by atoms with E-state index in [1.165, 1.54) is 17.3 Å². The Labute approximate surface area is 230 Å². The summed E-state index contributed by atoms with van der Waals surface area (Å²) in [5, 5.41) is 1.16. The van der Waals surface area contributed by atoms with E-state index in [1.807, 2.05) is 59.8 Å². The van der Waals surface area contributed by atoms with Crippen molar-refractivity contribution in [3.63, 3.8) is 0 Å². The van der Waals surface area contributed by atoms with Gasteiger partial charge in [-0.05, 0) is 88.1 Å². The predicted octanol–water partition coefficient (Wildman–Crippen LogP) is 8.97. The number of ether oxygens (including phenoxy) is 2. The lowest BCUT2D eigenvalue weighted by Gasteiger charge is -2.21. The van der Waals surface area contributed by atoms with Gasteiger partial charge in [0.1, 0.15) is 11.4 Å². The van der Waals surface area contributed by atoms with Crippen molar-refractivity contribution < 1.29 is 14.3 Å². The summed E-state index contributed by atoms with van der Waals surface area (Å²) in [4.78, 5) is 12.6. The Kier molecular flexibility index (Phi) is 12.1. The fourth-order valence-corrected chi connectivity index (χ4v) is 3.78. The zero-order valence-electron chi connectivity index (χ0n) is 24.7. The molecule has 0 saturated heterocycles. The van der Waals surface area contributed by atoms with Gasteiger partial charge in [-0.25, -0.2) is 4.79 Å². The molecule has 0 unspecified atom stereocenters. The number of rotatable bonds is 11. The number of aromatic nitrogens is 1. The van der Waals surface area contributed by atoms with Crippen LogP contribution in [0.3, 0.4) is 0 Å². The van der Waals surface area contributed by atoms with Crippen LogP contribution in [0.25, 0.3) is 16.7 Å². The molecule has 4 heteroatoms. The minimum absolute atomic E-state index is 0.326. The van der Waals surface area contributed by atoms with Crippen molar-refractivity contribution in [3.05, 3.63) is 115 Å². The molecule has 0 atom stereocenters. The molecule has 2 aromatic rings. The van der Waals surface area contributed by atoms with Crippen molar-refractivity contribution in [2.24, 2.45) is 0 Å². The second-order valence-electron chi connectivity index (χ2n) is 9.70. The summed E-state index contributed by atoms with van der Waals surface area (Å²) in [6.07, 6.45) is 6.86. The van der Waals surface area contributed by atoms with Gasteiger partial charge in [0.05, 0.1) is 12.2 Å². The number of carbonyl (C=O) groups excluding carboxylic acids is 1. The van der Waals surface area contributed by atoms with Gasteiger partial charge in [-0.2, -0.15) is 0 Å². The monoisotopic (exact) mass is 515 g/mol. The molecule has 204 valence electrons. The molecular weight excluding hydrogens is 470 g/mol. The zero-order valence-corrected chi connectivity index (χ0v) is 24.7. The minimum atomic E-state index is -0.615. The van der Waals surface area contributed by atoms with Crippen LogP contribution in [-0.2, 0) is 20.8 Å². The molecule has 2 rings (SSSR count). The second-order valence-corrected chi connectivity index (χ2v) is 9.70. The van der Waals surface area contributed by atoms with E-state index in [9.17, 15) is 4.79 Å². The van der Waals surface area contributed by atoms with Crippen LogP contribution >= 0.6 is 0 Å². The summed E-state index contributed by atoms with van der Waals surface area (Å²) in [5.74, 6) is 0.212. The van der Waals surface area contributed by atoms with Crippen molar-refractivity contribution >= 4 is 22.6 Å². The number of allylic oxidation sites excluding steroid dienone is 6. The number of hydrogen-bond acceptors (Lipinski definition) is 3. The lowest BCUT2D eigenvalue weighted by Crippen LogP contribution is -2.25. The molecule has 0 N–H and O–H groups in total. The third kappa shape index (κ3) is 8.37. The molecule has 0 aliphatic rings. The maximum Gasteiger partial charge on any atom is 0.339 e. The molecule has 0 amide bonds. The Morgan fingerprint density at radius 1 is 1.05 bits per heavy atom. The third-order valence-electron chi connectivity index (χ3n) is 5.78. The van der Waals surface area contributed by atoms with E-state index in [-0.39, 0.29) is 0 Å². The number of hydrogen-bond donors (Lipinski definition) is 0. The average molecular weight is 516 g/mol. The van der Waals surface area contributed by atoms with E-state index in [4.69, 9.17) is 9.47 Å². The van der Waals surface area contributed by atoms with Gasteiger partial charge in [-0.15, -0.1) is 0 Å². The summed E-state index contributed by atoms with van der Waals surface area (Å²) >= 11 is 0. The van der Waals surface area contributed by atoms with Crippen LogP contribution in [0.15, 0.2) is 97.7 Å². The Morgan fingerprint density at radius 3 is 2.24 bits per heavy atom. The highest BCUT2D eigenvalue weighted by molar-refractivity contribution is 5.95. The first kappa shape index (κ1) is 32.2. The van der Waals surface area contributed by atoms with E-state index < -0.39 is 11.6 Å². The maximum absolute atomic E-state index is 12.6. The molecule has 1 aromatic heterocycles. The third-order valence-corrected chi connectivity index (χ3v) is 5.78. The van der Waals surface area contributed by atoms with Crippen molar-refractivity contribution in [2.75, 3.05) is 6.61 Å². The molecule has 0 bridgehead atoms. The van der Waals surface area contributed by atoms with E-state index in [1.54, 1.807) is 6.08 Å². The van der Waals surface area contributed by atoms with Gasteiger partial charge in [-0.3, -0.25) is 0 Å². The minimum Gasteiger partial charge on any atom is -0.494 e. The Hall–Kier alpha value is -3.79. The standard InChI is InChI=1S/C32H39NO3.C2H6/c1-12-14-28(31(34)36-32(9,10)11)23(5)22(4)16-15-21(3)20-33-25(7)24(6)29-19-27(17-18-30(29)33)26(8)35-13-2;1-2/h12,14-19H,1,3-5,8,13,20H2,2,6-7,9-11H3;1-2H3/b16-15-,28-14+;. The first-order chi connectivity index (χ1) is 17.8. The molecule has 0 aliphatic carbocycles. The van der Waals surface area contributed by atoms with E-state index in [0.717, 1.165) is 22.0 Å². The van der Waals surface area contributed by atoms with Crippen LogP contribution in [0, 0.1) is 13.8 Å². The van der Waals surface area contributed by atoms with Gasteiger partial charge in [0.15, 0.2) is 0 Å². The lowest BCUT2D eigenvalue weighted by atomic mass is 9.99. The number of nitrogens with zero attached hydrogens (tertiary/aromatic N) is 1. The van der Waals surface area contributed by atoms with Crippen molar-refractivity contribution in [1.82, 2.24) is 4.57 Å². The Balaban J connectivity index is 0.00000352. The lowest BCUT2D eigenvalue weighted by molar-refractivity contribution is -0.149. The number of esters is 1. The van der Waals surface area contributed by atoms with Gasteiger partial charge in [0.25, 0.3) is 0 Å². The molecule has 4 nitrogen and oxygen atoms in total. The SMILES string of the molecule is C=C/C=C(\C(=C)C(=C)/C=C\C(=C)Cn1c(C)c(C)c2cc(C(=C)OCC)ccc21)C(=O)OC(C)(C)C.CC. The topological polar surface area (TPSA) is 40.5 Å². The summed E-state index contributed by atoms with van der Waals surface area (Å²) in [6, 6.07) is 6.25. The molecular formula is C34H45NO3. The van der Waals surface area contributed by atoms with Crippen LogP contribution in [-0.4, -0.2) is 22.7 Å². The number of benzene rings is 1. The smallest absolute Gasteiger partial charge is 0.339 e. The summed E-state index contributed by atoms with van der Waals surface area (Å²) in [6.45, 7) is 37.0. The van der Waals surface area contributed by atoms with Gasteiger partial charge in [0.2, 0.25) is 0 Å². The van der Waals surface area contributed by atoms with Crippen LogP contribution in [0.1, 0.15) is 58.4 Å². The Morgan fingerprint density at radius 2 is 1.68 bits per heavy atom. The molecule has 0 radical (unpaired) electrons. The molecule has 1 heterocycles. The highest BCUT2D eigenvalue weighted by atomic mass is 16.6. The van der Waals surface area contributed by atoms with Gasteiger partial charge < -0.3 is 14.0 Å². The van der Waals surface area contributed by atoms with Crippen molar-refractivity contribution in [1.29, 1.82) is 0 Å². The second kappa shape index (κ2) is 14.2. The highest BCUT2D eigenvalue weighted by Gasteiger charge is 2.22. The molecule has 38 heavy (non-hydrogen) atoms. The fourth-order valence-electron chi connectivity index (χ4n) is 3.78. The van der Waals surface area contributed by atoms with Crippen LogP contribution in [0.2, 0.25) is 0 Å². The average Bonchev–Trinajstić information content (AvgIpc) is 3.09. The summed E-state index contributed by atoms with van der Waals surface area (Å²) in [5.41, 5.74) is 6.16. The first-order valence-corrected chi connectivity index (χ1v) is 13.0. The quantitative estimate of drug-likeness (QED) is 0.130. The largest absolute Gasteiger partial charge is 0.494 e. The predicted molar refractivity (Wildman–Crippen MR) is 164 cm³/mol. The van der Waals surface area contributed by atoms with E-state index in [2.05, 4.69) is 63.4 Å². The summed E-state index contributed by atoms with van der Waals surface area (Å²) in [7, 11) is 0. The molecule has 0 saturated carbocycles. The number of carbonyl (C=O) groups is 1. The van der Waals surface area contributed by atoms with E-state index in [0.29, 0.717) is 35.6 Å². The van der Waals surface area contributed by atoms with Gasteiger partial charge in [-0.1, -0.05) is 65.0 Å². The normalized spacial score (nSPS) is 11.5. The van der Waals surface area contributed by atoms with E-state index >= 15 is 0 Å². The summed E-state index contributed by atoms with van der Waals surface area (Å²) < 4.78 is 13.3. The van der Waals surface area contributed by atoms with Crippen LogP contribution in [0.4, 0.5) is 0 Å². The molecule has 1 aromatic carbocycles. The maximum atomic E-state index is 12.6. The highest BCUT2D eigenvalue weighted by Crippen LogP contribution is 2.29. The number of aryl methyl sites for hydroxylation is 1. The van der Waals surface area contributed by atoms with Crippen LogP contribution < -0.4 is 0 Å². The fraction of sp³-hybridized carbons (Fsp3) is 0.324. The van der Waals surface area contributed by atoms with Crippen LogP contribution in [0.5, 0.6) is 0 Å². The molecule has 0 spiro atoms. The number of fused-ring (bicyclic) bond motifs is 1. The molecule has 0 fully saturated rings. The van der Waals surface area contributed by atoms with Gasteiger partial charge >= 0.3 is 5.97 Å². The molecule has 0 aliphatic heterocycles. The van der Waals surface area contributed by atoms with Gasteiger partial charge in [0, 0.05) is 28.7 Å². The van der Waals surface area contributed by atoms with Crippen molar-refractivity contribution in [2.45, 2.75) is 67.5 Å². The van der Waals surface area contributed by atoms with Crippen molar-refractivity contribution in [3.8, 4) is 0 Å².